The molecular weight excluding hydrogens is 380 g/mol. The van der Waals surface area contributed by atoms with E-state index in [-0.39, 0.29) is 11.9 Å². The lowest BCUT2D eigenvalue weighted by Gasteiger charge is -2.38. The van der Waals surface area contributed by atoms with Crippen molar-refractivity contribution < 1.29 is 4.79 Å². The van der Waals surface area contributed by atoms with E-state index < -0.39 is 0 Å². The molecule has 0 unspecified atom stereocenters. The minimum atomic E-state index is 0.188. The van der Waals surface area contributed by atoms with E-state index in [1.165, 1.54) is 24.0 Å². The molecule has 0 aromatic heterocycles. The molecule has 1 saturated heterocycles. The minimum Gasteiger partial charge on any atom is -0.378 e. The Morgan fingerprint density at radius 2 is 1.76 bits per heavy atom. The molecule has 1 fully saturated rings. The number of amides is 1. The van der Waals surface area contributed by atoms with E-state index >= 15 is 0 Å². The lowest BCUT2D eigenvalue weighted by Crippen LogP contribution is -2.33. The average Bonchev–Trinajstić information content (AvgIpc) is 3.09. The van der Waals surface area contributed by atoms with E-state index in [4.69, 9.17) is 11.6 Å². The summed E-state index contributed by atoms with van der Waals surface area (Å²) in [5.74, 6) is 1.00. The maximum atomic E-state index is 13.1. The number of allylic oxidation sites excluding steroid dienone is 2. The number of halogens is 1. The van der Waals surface area contributed by atoms with Gasteiger partial charge in [0.15, 0.2) is 0 Å². The first-order valence-corrected chi connectivity index (χ1v) is 11.2. The van der Waals surface area contributed by atoms with Crippen LogP contribution in [0.5, 0.6) is 0 Å². The van der Waals surface area contributed by atoms with Gasteiger partial charge in [0, 0.05) is 35.3 Å². The zero-order chi connectivity index (χ0) is 19.8. The van der Waals surface area contributed by atoms with Gasteiger partial charge in [-0.25, -0.2) is 0 Å². The van der Waals surface area contributed by atoms with Crippen LogP contribution in [0.4, 0.5) is 5.69 Å². The summed E-state index contributed by atoms with van der Waals surface area (Å²) in [4.78, 5) is 15.2. The van der Waals surface area contributed by atoms with Crippen LogP contribution in [-0.4, -0.2) is 23.9 Å². The highest BCUT2D eigenvalue weighted by Crippen LogP contribution is 2.50. The fraction of sp³-hybridized carbons (Fsp3) is 0.400. The molecular formula is C25H27ClN2O. The Morgan fingerprint density at radius 3 is 2.52 bits per heavy atom. The molecule has 3 atom stereocenters. The second-order valence-electron chi connectivity index (χ2n) is 8.54. The van der Waals surface area contributed by atoms with E-state index in [9.17, 15) is 4.79 Å². The van der Waals surface area contributed by atoms with Crippen LogP contribution in [0.1, 0.15) is 65.5 Å². The number of fused-ring (bicyclic) bond motifs is 3. The molecule has 2 aromatic rings. The summed E-state index contributed by atoms with van der Waals surface area (Å²) in [6, 6.07) is 14.7. The summed E-state index contributed by atoms with van der Waals surface area (Å²) >= 11 is 6.10. The van der Waals surface area contributed by atoms with Gasteiger partial charge in [-0.15, -0.1) is 0 Å². The van der Waals surface area contributed by atoms with Gasteiger partial charge in [0.1, 0.15) is 0 Å². The van der Waals surface area contributed by atoms with Gasteiger partial charge in [-0.1, -0.05) is 48.7 Å². The zero-order valence-electron chi connectivity index (χ0n) is 16.6. The third-order valence-electron chi connectivity index (χ3n) is 6.73. The third kappa shape index (κ3) is 3.57. The van der Waals surface area contributed by atoms with Crippen molar-refractivity contribution in [3.63, 3.8) is 0 Å². The van der Waals surface area contributed by atoms with Crippen LogP contribution in [0.25, 0.3) is 0 Å². The number of benzene rings is 2. The summed E-state index contributed by atoms with van der Waals surface area (Å²) in [6.45, 7) is 1.78. The molecule has 1 aliphatic carbocycles. The van der Waals surface area contributed by atoms with Gasteiger partial charge in [-0.05, 0) is 66.6 Å². The van der Waals surface area contributed by atoms with Crippen molar-refractivity contribution in [2.75, 3.05) is 18.4 Å². The number of anilines is 1. The van der Waals surface area contributed by atoms with Gasteiger partial charge >= 0.3 is 0 Å². The lowest BCUT2D eigenvalue weighted by molar-refractivity contribution is 0.0761. The van der Waals surface area contributed by atoms with Crippen LogP contribution in [0, 0.1) is 5.92 Å². The largest absolute Gasteiger partial charge is 0.378 e. The molecule has 0 radical (unpaired) electrons. The van der Waals surface area contributed by atoms with Gasteiger partial charge in [-0.2, -0.15) is 0 Å². The van der Waals surface area contributed by atoms with Crippen LogP contribution in [0.3, 0.4) is 0 Å². The van der Waals surface area contributed by atoms with E-state index in [0.29, 0.717) is 11.8 Å². The number of nitrogens with zero attached hydrogens (tertiary/aromatic N) is 1. The van der Waals surface area contributed by atoms with Crippen molar-refractivity contribution in [2.24, 2.45) is 5.92 Å². The Bertz CT molecular complexity index is 928. The first-order chi connectivity index (χ1) is 14.2. The first kappa shape index (κ1) is 18.7. The van der Waals surface area contributed by atoms with Gasteiger partial charge in [0.25, 0.3) is 5.91 Å². The van der Waals surface area contributed by atoms with Gasteiger partial charge in [-0.3, -0.25) is 4.79 Å². The monoisotopic (exact) mass is 406 g/mol. The Kier molecular flexibility index (Phi) is 5.09. The van der Waals surface area contributed by atoms with Crippen molar-refractivity contribution in [3.8, 4) is 0 Å². The summed E-state index contributed by atoms with van der Waals surface area (Å²) in [5, 5.41) is 4.52. The number of hydrogen-bond donors (Lipinski definition) is 1. The fourth-order valence-electron chi connectivity index (χ4n) is 5.18. The van der Waals surface area contributed by atoms with Crippen molar-refractivity contribution in [1.29, 1.82) is 0 Å². The molecule has 1 N–H and O–H groups in total. The second-order valence-corrected chi connectivity index (χ2v) is 8.97. The molecule has 0 saturated carbocycles. The van der Waals surface area contributed by atoms with E-state index in [0.717, 1.165) is 48.6 Å². The summed E-state index contributed by atoms with van der Waals surface area (Å²) in [7, 11) is 0. The highest BCUT2D eigenvalue weighted by molar-refractivity contribution is 6.30. The molecule has 2 aliphatic heterocycles. The zero-order valence-corrected chi connectivity index (χ0v) is 17.4. The Balaban J connectivity index is 1.45. The van der Waals surface area contributed by atoms with Crippen molar-refractivity contribution in [2.45, 2.75) is 44.1 Å². The first-order valence-electron chi connectivity index (χ1n) is 10.8. The Labute approximate surface area is 177 Å². The van der Waals surface area contributed by atoms with E-state index in [1.54, 1.807) is 0 Å². The highest BCUT2D eigenvalue weighted by Gasteiger charge is 2.38. The van der Waals surface area contributed by atoms with Crippen molar-refractivity contribution >= 4 is 23.2 Å². The number of likely N-dealkylation sites (tertiary alicyclic amines) is 1. The SMILES string of the molecule is O=C(c1ccc2c(c1)[C@H]1C=CC[C@@H]1[C@@H](c1ccc(Cl)cc1)N2)N1CCCCCC1. The number of nitrogens with one attached hydrogen (secondary N) is 1. The molecule has 0 bridgehead atoms. The van der Waals surface area contributed by atoms with Crippen molar-refractivity contribution in [1.82, 2.24) is 4.90 Å². The minimum absolute atomic E-state index is 0.188. The second kappa shape index (κ2) is 7.87. The van der Waals surface area contributed by atoms with Crippen LogP contribution < -0.4 is 5.32 Å². The number of rotatable bonds is 2. The topological polar surface area (TPSA) is 32.3 Å². The third-order valence-corrected chi connectivity index (χ3v) is 6.98. The molecule has 2 aromatic carbocycles. The normalized spacial score (nSPS) is 25.7. The molecule has 29 heavy (non-hydrogen) atoms. The molecule has 150 valence electrons. The fourth-order valence-corrected chi connectivity index (χ4v) is 5.31. The smallest absolute Gasteiger partial charge is 0.253 e. The predicted molar refractivity (Wildman–Crippen MR) is 119 cm³/mol. The van der Waals surface area contributed by atoms with Crippen LogP contribution in [0.15, 0.2) is 54.6 Å². The van der Waals surface area contributed by atoms with Crippen molar-refractivity contribution in [3.05, 3.63) is 76.3 Å². The van der Waals surface area contributed by atoms with Gasteiger partial charge < -0.3 is 10.2 Å². The van der Waals surface area contributed by atoms with Gasteiger partial charge in [0.2, 0.25) is 0 Å². The lowest BCUT2D eigenvalue weighted by atomic mass is 9.76. The molecule has 5 rings (SSSR count). The Hall–Kier alpha value is -2.26. The Morgan fingerprint density at radius 1 is 1.00 bits per heavy atom. The van der Waals surface area contributed by atoms with Gasteiger partial charge in [0.05, 0.1) is 6.04 Å². The summed E-state index contributed by atoms with van der Waals surface area (Å²) in [6.07, 6.45) is 10.4. The maximum absolute atomic E-state index is 13.1. The predicted octanol–water partition coefficient (Wildman–Crippen LogP) is 6.18. The highest BCUT2D eigenvalue weighted by atomic mass is 35.5. The summed E-state index contributed by atoms with van der Waals surface area (Å²) < 4.78 is 0. The molecule has 4 heteroatoms. The maximum Gasteiger partial charge on any atom is 0.253 e. The number of hydrogen-bond acceptors (Lipinski definition) is 2. The average molecular weight is 407 g/mol. The van der Waals surface area contributed by atoms with E-state index in [2.05, 4.69) is 41.7 Å². The molecule has 0 spiro atoms. The molecule has 3 aliphatic rings. The molecule has 2 heterocycles. The van der Waals surface area contributed by atoms with Crippen LogP contribution in [0.2, 0.25) is 5.02 Å². The standard InChI is InChI=1S/C25H27ClN2O/c26-19-11-8-17(9-12-19)24-21-7-5-6-20(21)22-16-18(10-13-23(22)27-24)25(29)28-14-3-1-2-4-15-28/h5-6,8-13,16,20-21,24,27H,1-4,7,14-15H2/t20-,21-,24+/m0/s1. The van der Waals surface area contributed by atoms with Crippen LogP contribution >= 0.6 is 11.6 Å². The van der Waals surface area contributed by atoms with Crippen LogP contribution in [-0.2, 0) is 0 Å². The molecule has 3 nitrogen and oxygen atoms in total. The molecule has 1 amide bonds. The number of carbonyl (C=O) groups excluding carboxylic acids is 1. The summed E-state index contributed by atoms with van der Waals surface area (Å²) in [5.41, 5.74) is 4.50. The number of carbonyl (C=O) groups is 1. The quantitative estimate of drug-likeness (QED) is 0.603. The van der Waals surface area contributed by atoms with E-state index in [1.807, 2.05) is 23.1 Å².